The van der Waals surface area contributed by atoms with E-state index < -0.39 is 17.9 Å². The Kier molecular flexibility index (Phi) is 5.43. The lowest BCUT2D eigenvalue weighted by molar-refractivity contribution is -0.153. The van der Waals surface area contributed by atoms with Crippen LogP contribution in [0.4, 0.5) is 4.39 Å². The Labute approximate surface area is 109 Å². The summed E-state index contributed by atoms with van der Waals surface area (Å²) in [6.07, 6.45) is 0.194. The minimum absolute atomic E-state index is 0.0697. The van der Waals surface area contributed by atoms with Gasteiger partial charge in [0.1, 0.15) is 11.6 Å². The van der Waals surface area contributed by atoms with Gasteiger partial charge in [0.2, 0.25) is 0 Å². The number of thioether (sulfide) groups is 1. The van der Waals surface area contributed by atoms with E-state index >= 15 is 0 Å². The first-order chi connectivity index (χ1) is 8.54. The molecule has 4 nitrogen and oxygen atoms in total. The van der Waals surface area contributed by atoms with Crippen molar-refractivity contribution in [2.75, 3.05) is 20.0 Å². The highest BCUT2D eigenvalue weighted by Gasteiger charge is 2.25. The maximum atomic E-state index is 13.4. The lowest BCUT2D eigenvalue weighted by atomic mass is 10.1. The Morgan fingerprint density at radius 1 is 1.56 bits per heavy atom. The SMILES string of the molecule is CCOC(=O)C(O)c1cc(F)cc(SC)c1OC. The lowest BCUT2D eigenvalue weighted by Crippen LogP contribution is -2.16. The third-order valence-corrected chi connectivity index (χ3v) is 3.02. The molecule has 0 aliphatic rings. The van der Waals surface area contributed by atoms with Crippen LogP contribution in [0.5, 0.6) is 5.75 Å². The highest BCUT2D eigenvalue weighted by atomic mass is 32.2. The van der Waals surface area contributed by atoms with Crippen molar-refractivity contribution in [3.05, 3.63) is 23.5 Å². The number of aliphatic hydroxyl groups excluding tert-OH is 1. The van der Waals surface area contributed by atoms with Gasteiger partial charge >= 0.3 is 5.97 Å². The molecule has 1 aromatic rings. The number of ether oxygens (including phenoxy) is 2. The molecular weight excluding hydrogens is 259 g/mol. The number of rotatable bonds is 5. The van der Waals surface area contributed by atoms with E-state index in [1.165, 1.54) is 24.9 Å². The number of hydrogen-bond donors (Lipinski definition) is 1. The molecule has 0 bridgehead atoms. The summed E-state index contributed by atoms with van der Waals surface area (Å²) in [6.45, 7) is 1.77. The molecule has 18 heavy (non-hydrogen) atoms. The normalized spacial score (nSPS) is 12.1. The molecule has 100 valence electrons. The number of esters is 1. The third-order valence-electron chi connectivity index (χ3n) is 2.28. The average molecular weight is 274 g/mol. The van der Waals surface area contributed by atoms with E-state index in [0.29, 0.717) is 4.90 Å². The van der Waals surface area contributed by atoms with Gasteiger partial charge in [0.15, 0.2) is 6.10 Å². The van der Waals surface area contributed by atoms with Gasteiger partial charge in [-0.1, -0.05) is 0 Å². The fourth-order valence-corrected chi connectivity index (χ4v) is 2.13. The average Bonchev–Trinajstić information content (AvgIpc) is 2.36. The van der Waals surface area contributed by atoms with Crippen LogP contribution in [0.1, 0.15) is 18.6 Å². The van der Waals surface area contributed by atoms with Gasteiger partial charge in [-0.05, 0) is 25.3 Å². The zero-order valence-corrected chi connectivity index (χ0v) is 11.2. The maximum absolute atomic E-state index is 13.4. The number of carbonyl (C=O) groups is 1. The number of aliphatic hydroxyl groups is 1. The number of methoxy groups -OCH3 is 1. The Bertz CT molecular complexity index is 436. The first-order valence-corrected chi connectivity index (χ1v) is 6.53. The van der Waals surface area contributed by atoms with Crippen molar-refractivity contribution in [3.8, 4) is 5.75 Å². The summed E-state index contributed by atoms with van der Waals surface area (Å²) >= 11 is 1.26. The van der Waals surface area contributed by atoms with E-state index in [4.69, 9.17) is 9.47 Å². The standard InChI is InChI=1S/C12H15FO4S/c1-4-17-12(15)10(14)8-5-7(13)6-9(18-3)11(8)16-2/h5-6,10,14H,4H2,1-3H3. The molecule has 0 saturated heterocycles. The van der Waals surface area contributed by atoms with Crippen molar-refractivity contribution >= 4 is 17.7 Å². The summed E-state index contributed by atoms with van der Waals surface area (Å²) in [5, 5.41) is 9.85. The molecule has 0 aliphatic heterocycles. The summed E-state index contributed by atoms with van der Waals surface area (Å²) in [5.41, 5.74) is 0.0697. The second-order valence-corrected chi connectivity index (χ2v) is 4.23. The summed E-state index contributed by atoms with van der Waals surface area (Å²) in [4.78, 5) is 12.0. The van der Waals surface area contributed by atoms with Gasteiger partial charge in [0.25, 0.3) is 0 Å². The van der Waals surface area contributed by atoms with Gasteiger partial charge in [0.05, 0.1) is 18.6 Å². The summed E-state index contributed by atoms with van der Waals surface area (Å²) < 4.78 is 23.2. The van der Waals surface area contributed by atoms with Crippen LogP contribution < -0.4 is 4.74 Å². The molecule has 0 aliphatic carbocycles. The zero-order valence-electron chi connectivity index (χ0n) is 10.4. The van der Waals surface area contributed by atoms with E-state index in [9.17, 15) is 14.3 Å². The molecule has 1 rings (SSSR count). The predicted octanol–water partition coefficient (Wildman–Crippen LogP) is 2.15. The van der Waals surface area contributed by atoms with Crippen LogP contribution in [-0.4, -0.2) is 31.0 Å². The number of carbonyl (C=O) groups excluding carboxylic acids is 1. The Morgan fingerprint density at radius 3 is 2.72 bits per heavy atom. The molecule has 0 spiro atoms. The molecule has 0 fully saturated rings. The lowest BCUT2D eigenvalue weighted by Gasteiger charge is -2.16. The first kappa shape index (κ1) is 14.8. The van der Waals surface area contributed by atoms with Crippen LogP contribution >= 0.6 is 11.8 Å². The fraction of sp³-hybridized carbons (Fsp3) is 0.417. The molecular formula is C12H15FO4S. The smallest absolute Gasteiger partial charge is 0.339 e. The van der Waals surface area contributed by atoms with Gasteiger partial charge in [-0.2, -0.15) is 0 Å². The van der Waals surface area contributed by atoms with E-state index in [1.54, 1.807) is 13.2 Å². The number of hydrogen-bond acceptors (Lipinski definition) is 5. The molecule has 0 saturated carbocycles. The molecule has 1 atom stereocenters. The van der Waals surface area contributed by atoms with Crippen molar-refractivity contribution in [2.24, 2.45) is 0 Å². The molecule has 1 aromatic carbocycles. The van der Waals surface area contributed by atoms with Crippen LogP contribution in [0.25, 0.3) is 0 Å². The number of benzene rings is 1. The molecule has 0 aromatic heterocycles. The Balaban J connectivity index is 3.21. The second-order valence-electron chi connectivity index (χ2n) is 3.39. The molecule has 1 unspecified atom stereocenters. The van der Waals surface area contributed by atoms with E-state index in [-0.39, 0.29) is 17.9 Å². The van der Waals surface area contributed by atoms with Crippen LogP contribution in [0, 0.1) is 5.82 Å². The fourth-order valence-electron chi connectivity index (χ4n) is 1.51. The van der Waals surface area contributed by atoms with Crippen molar-refractivity contribution in [2.45, 2.75) is 17.9 Å². The summed E-state index contributed by atoms with van der Waals surface area (Å²) in [5.74, 6) is -1.09. The highest BCUT2D eigenvalue weighted by molar-refractivity contribution is 7.98. The van der Waals surface area contributed by atoms with Gasteiger partial charge in [-0.3, -0.25) is 0 Å². The molecule has 0 amide bonds. The van der Waals surface area contributed by atoms with E-state index in [2.05, 4.69) is 0 Å². The van der Waals surface area contributed by atoms with Crippen molar-refractivity contribution in [1.29, 1.82) is 0 Å². The monoisotopic (exact) mass is 274 g/mol. The van der Waals surface area contributed by atoms with Crippen LogP contribution in [-0.2, 0) is 9.53 Å². The number of halogens is 1. The molecule has 1 N–H and O–H groups in total. The topological polar surface area (TPSA) is 55.8 Å². The molecule has 0 radical (unpaired) electrons. The minimum atomic E-state index is -1.55. The quantitative estimate of drug-likeness (QED) is 0.658. The summed E-state index contributed by atoms with van der Waals surface area (Å²) in [7, 11) is 1.40. The highest BCUT2D eigenvalue weighted by Crippen LogP contribution is 2.36. The van der Waals surface area contributed by atoms with E-state index in [0.717, 1.165) is 6.07 Å². The van der Waals surface area contributed by atoms with Gasteiger partial charge in [-0.15, -0.1) is 11.8 Å². The maximum Gasteiger partial charge on any atom is 0.339 e. The minimum Gasteiger partial charge on any atom is -0.495 e. The molecule has 6 heteroatoms. The van der Waals surface area contributed by atoms with Crippen LogP contribution in [0.2, 0.25) is 0 Å². The van der Waals surface area contributed by atoms with Gasteiger partial charge in [-0.25, -0.2) is 9.18 Å². The van der Waals surface area contributed by atoms with Crippen molar-refractivity contribution in [1.82, 2.24) is 0 Å². The summed E-state index contributed by atoms with van der Waals surface area (Å²) in [6, 6.07) is 2.35. The third kappa shape index (κ3) is 3.14. The Hall–Kier alpha value is -1.27. The largest absolute Gasteiger partial charge is 0.495 e. The van der Waals surface area contributed by atoms with Crippen LogP contribution in [0.3, 0.4) is 0 Å². The zero-order chi connectivity index (χ0) is 13.7. The predicted molar refractivity (Wildman–Crippen MR) is 66.3 cm³/mol. The van der Waals surface area contributed by atoms with Gasteiger partial charge in [0, 0.05) is 5.56 Å². The van der Waals surface area contributed by atoms with E-state index in [1.807, 2.05) is 0 Å². The second kappa shape index (κ2) is 6.61. The first-order valence-electron chi connectivity index (χ1n) is 5.31. The van der Waals surface area contributed by atoms with Crippen molar-refractivity contribution < 1.29 is 23.8 Å². The van der Waals surface area contributed by atoms with Crippen molar-refractivity contribution in [3.63, 3.8) is 0 Å². The van der Waals surface area contributed by atoms with Gasteiger partial charge < -0.3 is 14.6 Å². The van der Waals surface area contributed by atoms with Crippen LogP contribution in [0.15, 0.2) is 17.0 Å². The molecule has 0 heterocycles. The Morgan fingerprint density at radius 2 is 2.22 bits per heavy atom.